The number of anilines is 1. The van der Waals surface area contributed by atoms with Crippen LogP contribution in [0.5, 0.6) is 0 Å². The lowest BCUT2D eigenvalue weighted by molar-refractivity contribution is 0.162. The SMILES string of the molecule is N#Cc1ccc(N2CCCC2C2CCN(Cc3ccccc3)CC2)nc1. The standard InChI is InChI=1S/C22H26N4/c23-15-19-8-9-22(24-16-19)26-12-4-7-21(26)20-10-13-25(14-11-20)17-18-5-2-1-3-6-18/h1-3,5-6,8-9,16,20-21H,4,7,10-14,17H2. The van der Waals surface area contributed by atoms with E-state index in [1.54, 1.807) is 6.20 Å². The van der Waals surface area contributed by atoms with E-state index in [9.17, 15) is 0 Å². The van der Waals surface area contributed by atoms with Gasteiger partial charge in [0.05, 0.1) is 5.56 Å². The Morgan fingerprint density at radius 1 is 1.00 bits per heavy atom. The molecule has 1 aromatic carbocycles. The van der Waals surface area contributed by atoms with Gasteiger partial charge in [0.15, 0.2) is 0 Å². The van der Waals surface area contributed by atoms with E-state index in [1.165, 1.54) is 44.3 Å². The Morgan fingerprint density at radius 2 is 1.81 bits per heavy atom. The van der Waals surface area contributed by atoms with Crippen molar-refractivity contribution in [1.29, 1.82) is 5.26 Å². The van der Waals surface area contributed by atoms with E-state index < -0.39 is 0 Å². The fourth-order valence-electron chi connectivity index (χ4n) is 4.53. The fraction of sp³-hybridized carbons (Fsp3) is 0.455. The monoisotopic (exact) mass is 346 g/mol. The summed E-state index contributed by atoms with van der Waals surface area (Å²) in [5.74, 6) is 1.79. The van der Waals surface area contributed by atoms with Gasteiger partial charge in [-0.05, 0) is 62.4 Å². The lowest BCUT2D eigenvalue weighted by Crippen LogP contribution is -2.42. The molecule has 0 N–H and O–H groups in total. The van der Waals surface area contributed by atoms with Crippen LogP contribution >= 0.6 is 0 Å². The number of rotatable bonds is 4. The second-order valence-electron chi connectivity index (χ2n) is 7.52. The third kappa shape index (κ3) is 3.73. The molecule has 3 heterocycles. The highest BCUT2D eigenvalue weighted by molar-refractivity contribution is 5.44. The Morgan fingerprint density at radius 3 is 2.50 bits per heavy atom. The number of nitrogens with zero attached hydrogens (tertiary/aromatic N) is 4. The van der Waals surface area contributed by atoms with Gasteiger partial charge in [-0.25, -0.2) is 4.98 Å². The number of aromatic nitrogens is 1. The van der Waals surface area contributed by atoms with E-state index in [4.69, 9.17) is 5.26 Å². The zero-order chi connectivity index (χ0) is 17.8. The molecule has 134 valence electrons. The molecule has 0 spiro atoms. The Hall–Kier alpha value is -2.38. The minimum atomic E-state index is 0.606. The van der Waals surface area contributed by atoms with Crippen LogP contribution in [0.2, 0.25) is 0 Å². The predicted molar refractivity (Wildman–Crippen MR) is 104 cm³/mol. The van der Waals surface area contributed by atoms with Crippen molar-refractivity contribution in [2.75, 3.05) is 24.5 Å². The van der Waals surface area contributed by atoms with E-state index in [2.05, 4.69) is 51.2 Å². The van der Waals surface area contributed by atoms with Crippen molar-refractivity contribution in [1.82, 2.24) is 9.88 Å². The van der Waals surface area contributed by atoms with Gasteiger partial charge in [0.1, 0.15) is 11.9 Å². The van der Waals surface area contributed by atoms with Gasteiger partial charge >= 0.3 is 0 Å². The quantitative estimate of drug-likeness (QED) is 0.844. The molecule has 1 aromatic heterocycles. The fourth-order valence-corrected chi connectivity index (χ4v) is 4.53. The Balaban J connectivity index is 1.36. The number of hydrogen-bond acceptors (Lipinski definition) is 4. The molecule has 2 aliphatic rings. The first-order valence-corrected chi connectivity index (χ1v) is 9.72. The molecule has 1 atom stereocenters. The maximum atomic E-state index is 8.97. The molecule has 1 unspecified atom stereocenters. The zero-order valence-corrected chi connectivity index (χ0v) is 15.2. The van der Waals surface area contributed by atoms with Crippen molar-refractivity contribution in [3.05, 3.63) is 59.8 Å². The van der Waals surface area contributed by atoms with Crippen molar-refractivity contribution in [3.8, 4) is 6.07 Å². The molecule has 4 nitrogen and oxygen atoms in total. The molecule has 2 saturated heterocycles. The molecule has 2 aliphatic heterocycles. The van der Waals surface area contributed by atoms with Crippen LogP contribution in [-0.4, -0.2) is 35.6 Å². The molecular formula is C22H26N4. The molecule has 0 radical (unpaired) electrons. The van der Waals surface area contributed by atoms with Crippen LogP contribution in [0.15, 0.2) is 48.7 Å². The molecule has 4 rings (SSSR count). The Kier molecular flexibility index (Phi) is 5.17. The third-order valence-corrected chi connectivity index (χ3v) is 5.90. The predicted octanol–water partition coefficient (Wildman–Crippen LogP) is 3.83. The second kappa shape index (κ2) is 7.88. The van der Waals surface area contributed by atoms with Crippen LogP contribution in [0.4, 0.5) is 5.82 Å². The zero-order valence-electron chi connectivity index (χ0n) is 15.2. The number of nitriles is 1. The van der Waals surface area contributed by atoms with E-state index >= 15 is 0 Å². The van der Waals surface area contributed by atoms with Crippen molar-refractivity contribution in [2.45, 2.75) is 38.3 Å². The Labute approximate surface area is 156 Å². The average molecular weight is 346 g/mol. The molecule has 0 bridgehead atoms. The highest BCUT2D eigenvalue weighted by Gasteiger charge is 2.34. The topological polar surface area (TPSA) is 43.2 Å². The molecule has 4 heteroatoms. The summed E-state index contributed by atoms with van der Waals surface area (Å²) in [6.07, 6.45) is 6.75. The maximum Gasteiger partial charge on any atom is 0.128 e. The smallest absolute Gasteiger partial charge is 0.128 e. The van der Waals surface area contributed by atoms with Gasteiger partial charge in [0.25, 0.3) is 0 Å². The van der Waals surface area contributed by atoms with E-state index in [1.807, 2.05) is 12.1 Å². The molecule has 2 aromatic rings. The van der Waals surface area contributed by atoms with Crippen LogP contribution in [0, 0.1) is 17.2 Å². The second-order valence-corrected chi connectivity index (χ2v) is 7.52. The van der Waals surface area contributed by atoms with Crippen LogP contribution in [0.3, 0.4) is 0 Å². The van der Waals surface area contributed by atoms with Crippen LogP contribution in [0.25, 0.3) is 0 Å². The summed E-state index contributed by atoms with van der Waals surface area (Å²) in [6, 6.07) is 17.5. The van der Waals surface area contributed by atoms with Crippen LogP contribution < -0.4 is 4.90 Å². The third-order valence-electron chi connectivity index (χ3n) is 5.90. The molecule has 0 saturated carbocycles. The van der Waals surface area contributed by atoms with Crippen molar-refractivity contribution >= 4 is 5.82 Å². The molecule has 0 aliphatic carbocycles. The van der Waals surface area contributed by atoms with E-state index in [-0.39, 0.29) is 0 Å². The van der Waals surface area contributed by atoms with Crippen LogP contribution in [0.1, 0.15) is 36.8 Å². The summed E-state index contributed by atoms with van der Waals surface area (Å²) in [7, 11) is 0. The largest absolute Gasteiger partial charge is 0.353 e. The summed E-state index contributed by atoms with van der Waals surface area (Å²) in [5.41, 5.74) is 2.05. The van der Waals surface area contributed by atoms with Crippen LogP contribution in [-0.2, 0) is 6.54 Å². The summed E-state index contributed by atoms with van der Waals surface area (Å²) >= 11 is 0. The first kappa shape index (κ1) is 17.1. The summed E-state index contributed by atoms with van der Waals surface area (Å²) in [4.78, 5) is 9.61. The van der Waals surface area contributed by atoms with Crippen molar-refractivity contribution < 1.29 is 0 Å². The van der Waals surface area contributed by atoms with Crippen molar-refractivity contribution in [2.24, 2.45) is 5.92 Å². The van der Waals surface area contributed by atoms with Crippen molar-refractivity contribution in [3.63, 3.8) is 0 Å². The van der Waals surface area contributed by atoms with Gasteiger partial charge in [0, 0.05) is 25.3 Å². The average Bonchev–Trinajstić information content (AvgIpc) is 3.19. The summed E-state index contributed by atoms with van der Waals surface area (Å²) < 4.78 is 0. The van der Waals surface area contributed by atoms with Gasteiger partial charge in [-0.1, -0.05) is 30.3 Å². The first-order valence-electron chi connectivity index (χ1n) is 9.72. The number of likely N-dealkylation sites (tertiary alicyclic amines) is 1. The summed E-state index contributed by atoms with van der Waals surface area (Å²) in [5, 5.41) is 8.97. The molecule has 26 heavy (non-hydrogen) atoms. The summed E-state index contributed by atoms with van der Waals surface area (Å²) in [6.45, 7) is 4.53. The van der Waals surface area contributed by atoms with Gasteiger partial charge in [-0.15, -0.1) is 0 Å². The number of hydrogen-bond donors (Lipinski definition) is 0. The van der Waals surface area contributed by atoms with E-state index in [0.29, 0.717) is 11.6 Å². The molecule has 0 amide bonds. The Bertz CT molecular complexity index is 742. The molecule has 2 fully saturated rings. The van der Waals surface area contributed by atoms with Gasteiger partial charge < -0.3 is 4.90 Å². The van der Waals surface area contributed by atoms with Gasteiger partial charge in [-0.3, -0.25) is 4.90 Å². The normalized spacial score (nSPS) is 21.7. The van der Waals surface area contributed by atoms with E-state index in [0.717, 1.165) is 24.8 Å². The molecular weight excluding hydrogens is 320 g/mol. The van der Waals surface area contributed by atoms with Gasteiger partial charge in [-0.2, -0.15) is 5.26 Å². The lowest BCUT2D eigenvalue weighted by atomic mass is 9.87. The first-order chi connectivity index (χ1) is 12.8. The minimum Gasteiger partial charge on any atom is -0.353 e. The highest BCUT2D eigenvalue weighted by atomic mass is 15.2. The highest BCUT2D eigenvalue weighted by Crippen LogP contribution is 2.34. The maximum absolute atomic E-state index is 8.97. The minimum absolute atomic E-state index is 0.606. The number of benzene rings is 1. The van der Waals surface area contributed by atoms with Gasteiger partial charge in [0.2, 0.25) is 0 Å². The number of piperidine rings is 1. The lowest BCUT2D eigenvalue weighted by Gasteiger charge is -2.38. The number of pyridine rings is 1.